The van der Waals surface area contributed by atoms with E-state index in [-0.39, 0.29) is 17.8 Å². The summed E-state index contributed by atoms with van der Waals surface area (Å²) in [5.74, 6) is 1.09. The number of carbonyl (C=O) groups is 2. The van der Waals surface area contributed by atoms with Gasteiger partial charge in [-0.3, -0.25) is 15.0 Å². The van der Waals surface area contributed by atoms with E-state index in [1.165, 1.54) is 5.56 Å². The van der Waals surface area contributed by atoms with Gasteiger partial charge in [0.2, 0.25) is 11.8 Å². The van der Waals surface area contributed by atoms with E-state index in [0.29, 0.717) is 44.9 Å². The number of hydrazone groups is 1. The third kappa shape index (κ3) is 12.6. The fourth-order valence-electron chi connectivity index (χ4n) is 4.94. The van der Waals surface area contributed by atoms with Crippen molar-refractivity contribution in [3.8, 4) is 6.01 Å². The number of primary amides is 1. The number of anilines is 3. The predicted molar refractivity (Wildman–Crippen MR) is 178 cm³/mol. The lowest BCUT2D eigenvalue weighted by atomic mass is 10.1. The Morgan fingerprint density at radius 1 is 0.978 bits per heavy atom. The molecule has 4 rings (SSSR count). The molecule has 0 unspecified atom stereocenters. The number of amides is 2. The van der Waals surface area contributed by atoms with Crippen LogP contribution < -0.4 is 26.1 Å². The maximum absolute atomic E-state index is 12.3. The number of nitrogens with zero attached hydrogens (tertiary/aromatic N) is 4. The van der Waals surface area contributed by atoms with E-state index in [0.717, 1.165) is 74.2 Å². The molecule has 0 bridgehead atoms. The zero-order valence-corrected chi connectivity index (χ0v) is 26.2. The first-order chi connectivity index (χ1) is 21.9. The number of rotatable bonds is 18. The normalized spacial score (nSPS) is 13.1. The van der Waals surface area contributed by atoms with Gasteiger partial charge < -0.3 is 25.4 Å². The molecule has 1 aliphatic rings. The van der Waals surface area contributed by atoms with E-state index in [2.05, 4.69) is 36.8 Å². The Hall–Kier alpha value is -4.51. The predicted octanol–water partition coefficient (Wildman–Crippen LogP) is 5.23. The van der Waals surface area contributed by atoms with Gasteiger partial charge >= 0.3 is 6.01 Å². The minimum Gasteiger partial charge on any atom is -0.463 e. The van der Waals surface area contributed by atoms with Crippen LogP contribution in [-0.4, -0.2) is 60.9 Å². The van der Waals surface area contributed by atoms with Crippen molar-refractivity contribution < 1.29 is 19.1 Å². The number of nitrogens with two attached hydrogens (primary N) is 1. The third-order valence-corrected chi connectivity index (χ3v) is 7.40. The highest BCUT2D eigenvalue weighted by Gasteiger charge is 2.16. The molecule has 0 atom stereocenters. The van der Waals surface area contributed by atoms with E-state index in [1.54, 1.807) is 6.21 Å². The molecule has 0 aliphatic carbocycles. The van der Waals surface area contributed by atoms with Crippen LogP contribution in [0.2, 0.25) is 0 Å². The number of aromatic nitrogens is 2. The Morgan fingerprint density at radius 2 is 1.71 bits per heavy atom. The number of ether oxygens (including phenoxy) is 2. The number of aryl methyl sites for hydroxylation is 1. The van der Waals surface area contributed by atoms with Gasteiger partial charge in [0.15, 0.2) is 5.82 Å². The molecule has 2 aromatic carbocycles. The molecule has 1 aliphatic heterocycles. The fourth-order valence-corrected chi connectivity index (χ4v) is 4.94. The lowest BCUT2D eigenvalue weighted by Gasteiger charge is -2.28. The van der Waals surface area contributed by atoms with Crippen molar-refractivity contribution in [1.82, 2.24) is 9.97 Å². The minimum atomic E-state index is -0.240. The molecular weight excluding hydrogens is 570 g/mol. The Bertz CT molecular complexity index is 1390. The Kier molecular flexibility index (Phi) is 13.6. The van der Waals surface area contributed by atoms with Crippen LogP contribution >= 0.6 is 0 Å². The first-order valence-corrected chi connectivity index (χ1v) is 15.8. The highest BCUT2D eigenvalue weighted by Crippen LogP contribution is 2.21. The van der Waals surface area contributed by atoms with Crippen molar-refractivity contribution in [1.29, 1.82) is 0 Å². The molecule has 240 valence electrons. The van der Waals surface area contributed by atoms with E-state index in [4.69, 9.17) is 15.2 Å². The highest BCUT2D eigenvalue weighted by molar-refractivity contribution is 5.90. The SMILES string of the molecule is Cc1cccc(/C=N/Nc2cc(N3CCOCC3)nc(OCCc3ccc(NC(=O)CCCCCCCCC(N)=O)cc3)n2)c1. The second kappa shape index (κ2) is 18.3. The number of morpholine rings is 1. The lowest BCUT2D eigenvalue weighted by molar-refractivity contribution is -0.118. The van der Waals surface area contributed by atoms with Crippen LogP contribution in [0.25, 0.3) is 0 Å². The molecule has 3 aromatic rings. The monoisotopic (exact) mass is 615 g/mol. The number of hydrogen-bond acceptors (Lipinski definition) is 9. The van der Waals surface area contributed by atoms with Gasteiger partial charge in [0.05, 0.1) is 26.0 Å². The quantitative estimate of drug-likeness (QED) is 0.100. The lowest BCUT2D eigenvalue weighted by Crippen LogP contribution is -2.36. The average Bonchev–Trinajstić information content (AvgIpc) is 3.03. The van der Waals surface area contributed by atoms with E-state index < -0.39 is 0 Å². The molecule has 1 fully saturated rings. The molecule has 0 saturated carbocycles. The molecular formula is C34H45N7O4. The van der Waals surface area contributed by atoms with Crippen molar-refractivity contribution in [2.75, 3.05) is 48.6 Å². The summed E-state index contributed by atoms with van der Waals surface area (Å²) in [4.78, 5) is 34.4. The van der Waals surface area contributed by atoms with Gasteiger partial charge in [0.25, 0.3) is 0 Å². The molecule has 1 aromatic heterocycles. The summed E-state index contributed by atoms with van der Waals surface area (Å²) in [6.45, 7) is 5.21. The first-order valence-electron chi connectivity index (χ1n) is 15.8. The molecule has 0 spiro atoms. The summed E-state index contributed by atoms with van der Waals surface area (Å²) in [6.07, 6.45) is 9.19. The Morgan fingerprint density at radius 3 is 2.44 bits per heavy atom. The van der Waals surface area contributed by atoms with Crippen LogP contribution in [0.1, 0.15) is 68.1 Å². The smallest absolute Gasteiger partial charge is 0.320 e. The molecule has 2 amide bonds. The fraction of sp³-hybridized carbons (Fsp3) is 0.441. The van der Waals surface area contributed by atoms with Gasteiger partial charge in [-0.1, -0.05) is 67.6 Å². The van der Waals surface area contributed by atoms with Gasteiger partial charge in [-0.05, 0) is 43.0 Å². The molecule has 11 heteroatoms. The number of hydrogen-bond donors (Lipinski definition) is 3. The van der Waals surface area contributed by atoms with Crippen LogP contribution in [0.5, 0.6) is 6.01 Å². The average molecular weight is 616 g/mol. The maximum Gasteiger partial charge on any atom is 0.320 e. The van der Waals surface area contributed by atoms with Crippen molar-refractivity contribution in [2.45, 2.75) is 64.7 Å². The largest absolute Gasteiger partial charge is 0.463 e. The van der Waals surface area contributed by atoms with Gasteiger partial charge in [-0.2, -0.15) is 15.1 Å². The summed E-state index contributed by atoms with van der Waals surface area (Å²) in [5, 5.41) is 7.34. The summed E-state index contributed by atoms with van der Waals surface area (Å²) >= 11 is 0. The van der Waals surface area contributed by atoms with Gasteiger partial charge in [0.1, 0.15) is 5.82 Å². The maximum atomic E-state index is 12.3. The third-order valence-electron chi connectivity index (χ3n) is 7.40. The van der Waals surface area contributed by atoms with Crippen LogP contribution in [0, 0.1) is 6.92 Å². The number of benzene rings is 2. The van der Waals surface area contributed by atoms with E-state index in [1.807, 2.05) is 55.5 Å². The number of carbonyl (C=O) groups excluding carboxylic acids is 2. The van der Waals surface area contributed by atoms with Crippen molar-refractivity contribution in [3.63, 3.8) is 0 Å². The van der Waals surface area contributed by atoms with Crippen molar-refractivity contribution in [3.05, 3.63) is 71.3 Å². The number of nitrogens with one attached hydrogen (secondary N) is 2. The van der Waals surface area contributed by atoms with Gasteiger partial charge in [-0.25, -0.2) is 0 Å². The van der Waals surface area contributed by atoms with Crippen LogP contribution in [-0.2, 0) is 20.7 Å². The summed E-state index contributed by atoms with van der Waals surface area (Å²) in [7, 11) is 0. The standard InChI is InChI=1S/C34H45N7O4/c1-26-9-8-10-28(23-26)25-36-40-31-24-32(41-18-21-44-22-19-41)39-34(38-31)45-20-17-27-13-15-29(16-14-27)37-33(43)12-7-5-3-2-4-6-11-30(35)42/h8-10,13-16,23-25H,2-7,11-12,17-22H2,1H3,(H2,35,42)(H,37,43)(H,38,39,40)/b36-25+. The van der Waals surface area contributed by atoms with Crippen molar-refractivity contribution >= 4 is 35.4 Å². The van der Waals surface area contributed by atoms with Gasteiger partial charge in [0, 0.05) is 44.1 Å². The molecule has 45 heavy (non-hydrogen) atoms. The summed E-state index contributed by atoms with van der Waals surface area (Å²) in [6, 6.07) is 18.0. The van der Waals surface area contributed by atoms with Crippen LogP contribution in [0.15, 0.2) is 59.7 Å². The summed E-state index contributed by atoms with van der Waals surface area (Å²) in [5.41, 5.74) is 12.2. The number of unbranched alkanes of at least 4 members (excludes halogenated alkanes) is 5. The Labute approximate surface area is 265 Å². The first kappa shape index (κ1) is 33.4. The molecule has 0 radical (unpaired) electrons. The molecule has 4 N–H and O–H groups in total. The second-order valence-electron chi connectivity index (χ2n) is 11.2. The zero-order valence-electron chi connectivity index (χ0n) is 26.2. The van der Waals surface area contributed by atoms with Crippen LogP contribution in [0.4, 0.5) is 17.3 Å². The topological polar surface area (TPSA) is 144 Å². The Balaban J connectivity index is 1.23. The molecule has 11 nitrogen and oxygen atoms in total. The van der Waals surface area contributed by atoms with Crippen LogP contribution in [0.3, 0.4) is 0 Å². The second-order valence-corrected chi connectivity index (χ2v) is 11.2. The molecule has 1 saturated heterocycles. The van der Waals surface area contributed by atoms with Crippen molar-refractivity contribution in [2.24, 2.45) is 10.8 Å². The zero-order chi connectivity index (χ0) is 31.7. The highest BCUT2D eigenvalue weighted by atomic mass is 16.5. The van der Waals surface area contributed by atoms with E-state index >= 15 is 0 Å². The molecule has 2 heterocycles. The van der Waals surface area contributed by atoms with Gasteiger partial charge in [-0.15, -0.1) is 0 Å². The summed E-state index contributed by atoms with van der Waals surface area (Å²) < 4.78 is 11.5. The van der Waals surface area contributed by atoms with E-state index in [9.17, 15) is 9.59 Å². The minimum absolute atomic E-state index is 0.0183.